The van der Waals surface area contributed by atoms with E-state index < -0.39 is 16.1 Å². The number of hydrogen-bond donors (Lipinski definition) is 2. The van der Waals surface area contributed by atoms with Gasteiger partial charge >= 0.3 is 0 Å². The number of aryl methyl sites for hydroxylation is 1. The summed E-state index contributed by atoms with van der Waals surface area (Å²) >= 11 is 0. The topological polar surface area (TPSA) is 75.6 Å². The van der Waals surface area contributed by atoms with E-state index in [0.29, 0.717) is 12.2 Å². The van der Waals surface area contributed by atoms with Gasteiger partial charge in [-0.1, -0.05) is 31.5 Å². The Bertz CT molecular complexity index is 831. The van der Waals surface area contributed by atoms with Crippen molar-refractivity contribution in [2.24, 2.45) is 0 Å². The summed E-state index contributed by atoms with van der Waals surface area (Å²) in [4.78, 5) is 0.210. The Morgan fingerprint density at radius 2 is 1.96 bits per heavy atom. The molecule has 2 N–H and O–H groups in total. The van der Waals surface area contributed by atoms with Crippen LogP contribution in [0.15, 0.2) is 47.4 Å². The van der Waals surface area contributed by atoms with Crippen LogP contribution in [0.3, 0.4) is 0 Å². The molecule has 1 aliphatic rings. The van der Waals surface area contributed by atoms with Gasteiger partial charge in [-0.3, -0.25) is 0 Å². The zero-order valence-corrected chi connectivity index (χ0v) is 15.1. The summed E-state index contributed by atoms with van der Waals surface area (Å²) in [6, 6.07) is 12.3. The number of ether oxygens (including phenoxy) is 1. The van der Waals surface area contributed by atoms with Gasteiger partial charge < -0.3 is 9.84 Å². The Hall–Kier alpha value is -1.89. The number of fused-ring (bicyclic) bond motifs is 1. The highest BCUT2D eigenvalue weighted by Crippen LogP contribution is 2.28. The number of aliphatic hydroxyl groups excluding tert-OH is 1. The maximum atomic E-state index is 12.4. The van der Waals surface area contributed by atoms with Crippen molar-refractivity contribution in [1.82, 2.24) is 4.72 Å². The molecule has 6 heteroatoms. The zero-order chi connectivity index (χ0) is 17.9. The minimum Gasteiger partial charge on any atom is -0.493 e. The molecule has 0 radical (unpaired) electrons. The molecule has 0 fully saturated rings. The molecule has 1 heterocycles. The summed E-state index contributed by atoms with van der Waals surface area (Å²) in [6.45, 7) is 2.66. The Kier molecular flexibility index (Phi) is 5.42. The molecule has 0 bridgehead atoms. The number of sulfonamides is 1. The molecule has 2 aromatic carbocycles. The van der Waals surface area contributed by atoms with Crippen LogP contribution in [0.4, 0.5) is 0 Å². The number of rotatable bonds is 7. The molecule has 0 amide bonds. The highest BCUT2D eigenvalue weighted by molar-refractivity contribution is 7.89. The van der Waals surface area contributed by atoms with Crippen LogP contribution >= 0.6 is 0 Å². The van der Waals surface area contributed by atoms with Crippen LogP contribution in [0.2, 0.25) is 0 Å². The van der Waals surface area contributed by atoms with E-state index in [0.717, 1.165) is 36.1 Å². The first-order valence-corrected chi connectivity index (χ1v) is 10.00. The summed E-state index contributed by atoms with van der Waals surface area (Å²) in [5.74, 6) is 0.837. The molecule has 1 aliphatic heterocycles. The van der Waals surface area contributed by atoms with Crippen LogP contribution in [0.25, 0.3) is 0 Å². The first-order chi connectivity index (χ1) is 12.0. The van der Waals surface area contributed by atoms with E-state index in [4.69, 9.17) is 4.74 Å². The quantitative estimate of drug-likeness (QED) is 0.795. The van der Waals surface area contributed by atoms with Gasteiger partial charge in [0, 0.05) is 13.0 Å². The summed E-state index contributed by atoms with van der Waals surface area (Å²) in [5.41, 5.74) is 2.85. The molecule has 1 unspecified atom stereocenters. The molecule has 0 aliphatic carbocycles. The summed E-state index contributed by atoms with van der Waals surface area (Å²) in [5, 5.41) is 10.3. The van der Waals surface area contributed by atoms with E-state index in [1.807, 2.05) is 24.3 Å². The van der Waals surface area contributed by atoms with Gasteiger partial charge in [-0.25, -0.2) is 13.1 Å². The van der Waals surface area contributed by atoms with Crippen molar-refractivity contribution >= 4 is 10.0 Å². The molecular formula is C19H23NO4S. The monoisotopic (exact) mass is 361 g/mol. The third kappa shape index (κ3) is 4.21. The molecule has 1 atom stereocenters. The SMILES string of the molecule is CCCc1ccc(S(=O)(=O)NCC(O)c2ccc3c(c2)CCO3)cc1. The van der Waals surface area contributed by atoms with Gasteiger partial charge in [0.2, 0.25) is 10.0 Å². The average molecular weight is 361 g/mol. The number of nitrogens with one attached hydrogen (secondary N) is 1. The molecule has 0 spiro atoms. The van der Waals surface area contributed by atoms with E-state index >= 15 is 0 Å². The Morgan fingerprint density at radius 3 is 2.68 bits per heavy atom. The predicted octanol–water partition coefficient (Wildman–Crippen LogP) is 2.59. The molecule has 0 saturated heterocycles. The second-order valence-corrected chi connectivity index (χ2v) is 7.99. The lowest BCUT2D eigenvalue weighted by Gasteiger charge is -2.14. The Morgan fingerprint density at radius 1 is 1.20 bits per heavy atom. The molecule has 25 heavy (non-hydrogen) atoms. The van der Waals surface area contributed by atoms with Gasteiger partial charge in [0.25, 0.3) is 0 Å². The van der Waals surface area contributed by atoms with Crippen molar-refractivity contribution in [3.63, 3.8) is 0 Å². The molecule has 2 aromatic rings. The Labute approximate surface area is 148 Å². The highest BCUT2D eigenvalue weighted by atomic mass is 32.2. The second-order valence-electron chi connectivity index (χ2n) is 6.23. The maximum Gasteiger partial charge on any atom is 0.240 e. The molecule has 134 valence electrons. The van der Waals surface area contributed by atoms with Gasteiger partial charge in [-0.2, -0.15) is 0 Å². The lowest BCUT2D eigenvalue weighted by Crippen LogP contribution is -2.28. The van der Waals surface area contributed by atoms with Crippen molar-refractivity contribution in [2.75, 3.05) is 13.2 Å². The smallest absolute Gasteiger partial charge is 0.240 e. The molecular weight excluding hydrogens is 338 g/mol. The molecule has 0 aromatic heterocycles. The predicted molar refractivity (Wildman–Crippen MR) is 96.2 cm³/mol. The van der Waals surface area contributed by atoms with Gasteiger partial charge in [0.05, 0.1) is 17.6 Å². The lowest BCUT2D eigenvalue weighted by molar-refractivity contribution is 0.182. The fourth-order valence-corrected chi connectivity index (χ4v) is 3.97. The standard InChI is InChI=1S/C19H23NO4S/c1-2-3-14-4-7-17(8-5-14)25(22,23)20-13-18(21)15-6-9-19-16(12-15)10-11-24-19/h4-9,12,18,20-21H,2-3,10-11,13H2,1H3. The number of aliphatic hydroxyl groups is 1. The van der Waals surface area contributed by atoms with Crippen molar-refractivity contribution < 1.29 is 18.3 Å². The fraction of sp³-hybridized carbons (Fsp3) is 0.368. The van der Waals surface area contributed by atoms with Crippen molar-refractivity contribution in [3.05, 3.63) is 59.2 Å². The fourth-order valence-electron chi connectivity index (χ4n) is 2.93. The van der Waals surface area contributed by atoms with Crippen LogP contribution in [0.1, 0.15) is 36.1 Å². The summed E-state index contributed by atoms with van der Waals surface area (Å²) in [7, 11) is -3.64. The van der Waals surface area contributed by atoms with Crippen molar-refractivity contribution in [3.8, 4) is 5.75 Å². The summed E-state index contributed by atoms with van der Waals surface area (Å²) < 4.78 is 32.7. The van der Waals surface area contributed by atoms with E-state index in [2.05, 4.69) is 11.6 Å². The summed E-state index contributed by atoms with van der Waals surface area (Å²) in [6.07, 6.45) is 1.85. The van der Waals surface area contributed by atoms with Crippen molar-refractivity contribution in [1.29, 1.82) is 0 Å². The third-order valence-electron chi connectivity index (χ3n) is 4.34. The first kappa shape index (κ1) is 17.9. The highest BCUT2D eigenvalue weighted by Gasteiger charge is 2.19. The molecule has 3 rings (SSSR count). The minimum atomic E-state index is -3.64. The van der Waals surface area contributed by atoms with Gasteiger partial charge in [0.1, 0.15) is 5.75 Å². The van der Waals surface area contributed by atoms with Crippen LogP contribution in [0, 0.1) is 0 Å². The van der Waals surface area contributed by atoms with Crippen molar-refractivity contribution in [2.45, 2.75) is 37.2 Å². The normalized spacial score (nSPS) is 14.8. The van der Waals surface area contributed by atoms with Crippen LogP contribution < -0.4 is 9.46 Å². The molecule has 5 nitrogen and oxygen atoms in total. The third-order valence-corrected chi connectivity index (χ3v) is 5.78. The van der Waals surface area contributed by atoms with E-state index in [1.165, 1.54) is 0 Å². The zero-order valence-electron chi connectivity index (χ0n) is 14.2. The van der Waals surface area contributed by atoms with Crippen LogP contribution in [-0.4, -0.2) is 26.7 Å². The number of benzene rings is 2. The minimum absolute atomic E-state index is 0.0707. The number of hydrogen-bond acceptors (Lipinski definition) is 4. The average Bonchev–Trinajstić information content (AvgIpc) is 3.08. The van der Waals surface area contributed by atoms with E-state index in [-0.39, 0.29) is 11.4 Å². The van der Waals surface area contributed by atoms with E-state index in [1.54, 1.807) is 18.2 Å². The largest absolute Gasteiger partial charge is 0.493 e. The van der Waals surface area contributed by atoms with Gasteiger partial charge in [0.15, 0.2) is 0 Å². The van der Waals surface area contributed by atoms with Gasteiger partial charge in [-0.15, -0.1) is 0 Å². The van der Waals surface area contributed by atoms with E-state index in [9.17, 15) is 13.5 Å². The lowest BCUT2D eigenvalue weighted by atomic mass is 10.0. The Balaban J connectivity index is 1.65. The van der Waals surface area contributed by atoms with Crippen LogP contribution in [0.5, 0.6) is 5.75 Å². The van der Waals surface area contributed by atoms with Crippen LogP contribution in [-0.2, 0) is 22.9 Å². The van der Waals surface area contributed by atoms with Gasteiger partial charge in [-0.05, 0) is 47.4 Å². The molecule has 0 saturated carbocycles. The first-order valence-electron chi connectivity index (χ1n) is 8.52. The second kappa shape index (κ2) is 7.56. The maximum absolute atomic E-state index is 12.4.